The minimum absolute atomic E-state index is 0.742. The van der Waals surface area contributed by atoms with E-state index in [-0.39, 0.29) is 0 Å². The van der Waals surface area contributed by atoms with E-state index in [9.17, 15) is 0 Å². The summed E-state index contributed by atoms with van der Waals surface area (Å²) in [6, 6.07) is 0.760. The molecule has 2 fully saturated rings. The van der Waals surface area contributed by atoms with E-state index in [1.54, 1.807) is 7.11 Å². The molecular weight excluding hydrogens is 266 g/mol. The van der Waals surface area contributed by atoms with Crippen molar-refractivity contribution in [3.63, 3.8) is 0 Å². The number of methoxy groups -OCH3 is 1. The summed E-state index contributed by atoms with van der Waals surface area (Å²) in [6.45, 7) is 9.60. The van der Waals surface area contributed by atoms with E-state index in [2.05, 4.69) is 30.9 Å². The molecule has 118 valence electrons. The summed E-state index contributed by atoms with van der Waals surface area (Å²) in [7, 11) is 1.74. The third-order valence-electron chi connectivity index (χ3n) is 4.66. The average molecular weight is 293 g/mol. The van der Waals surface area contributed by atoms with Crippen LogP contribution in [-0.2, 0) is 17.8 Å². The maximum atomic E-state index is 5.16. The minimum atomic E-state index is 0.742. The van der Waals surface area contributed by atoms with Crippen LogP contribution in [0.15, 0.2) is 12.4 Å². The molecule has 21 heavy (non-hydrogen) atoms. The third kappa shape index (κ3) is 3.83. The second-order valence-corrected chi connectivity index (χ2v) is 5.99. The molecule has 0 spiro atoms. The van der Waals surface area contributed by atoms with Gasteiger partial charge in [0.25, 0.3) is 0 Å². The molecule has 0 aromatic carbocycles. The van der Waals surface area contributed by atoms with Crippen molar-refractivity contribution >= 4 is 0 Å². The lowest BCUT2D eigenvalue weighted by Crippen LogP contribution is -2.50. The molecule has 2 aliphatic rings. The molecule has 3 rings (SSSR count). The van der Waals surface area contributed by atoms with Crippen LogP contribution in [-0.4, -0.2) is 78.4 Å². The van der Waals surface area contributed by atoms with E-state index >= 15 is 0 Å². The number of hydrogen-bond acceptors (Lipinski definition) is 5. The molecule has 0 aliphatic carbocycles. The normalized spacial score (nSPS) is 24.7. The summed E-state index contributed by atoms with van der Waals surface area (Å²) in [5.74, 6) is 1.16. The summed E-state index contributed by atoms with van der Waals surface area (Å²) in [5.41, 5.74) is 0. The van der Waals surface area contributed by atoms with Crippen LogP contribution in [0.5, 0.6) is 0 Å². The van der Waals surface area contributed by atoms with E-state index in [4.69, 9.17) is 4.74 Å². The summed E-state index contributed by atoms with van der Waals surface area (Å²) in [5, 5.41) is 3.46. The Kier molecular flexibility index (Phi) is 5.24. The number of aromatic nitrogens is 2. The van der Waals surface area contributed by atoms with E-state index in [0.29, 0.717) is 0 Å². The fourth-order valence-corrected chi connectivity index (χ4v) is 3.32. The van der Waals surface area contributed by atoms with Crippen molar-refractivity contribution in [1.82, 2.24) is 24.7 Å². The number of rotatable bonds is 6. The highest BCUT2D eigenvalue weighted by Crippen LogP contribution is 2.13. The highest BCUT2D eigenvalue weighted by atomic mass is 16.5. The van der Waals surface area contributed by atoms with Gasteiger partial charge in [0, 0.05) is 64.8 Å². The van der Waals surface area contributed by atoms with E-state index in [1.165, 1.54) is 32.6 Å². The Hall–Kier alpha value is -0.950. The van der Waals surface area contributed by atoms with Gasteiger partial charge in [-0.2, -0.15) is 0 Å². The van der Waals surface area contributed by atoms with Crippen molar-refractivity contribution in [1.29, 1.82) is 0 Å². The number of nitrogens with zero attached hydrogens (tertiary/aromatic N) is 4. The van der Waals surface area contributed by atoms with Gasteiger partial charge in [0.1, 0.15) is 5.82 Å². The lowest BCUT2D eigenvalue weighted by atomic mass is 10.2. The molecule has 0 amide bonds. The van der Waals surface area contributed by atoms with Crippen molar-refractivity contribution < 1.29 is 4.74 Å². The predicted octanol–water partition coefficient (Wildman–Crippen LogP) is 0.00900. The molecule has 0 unspecified atom stereocenters. The summed E-state index contributed by atoms with van der Waals surface area (Å²) in [6.07, 6.45) is 5.25. The molecule has 0 bridgehead atoms. The van der Waals surface area contributed by atoms with Crippen LogP contribution in [0.3, 0.4) is 0 Å². The fourth-order valence-electron chi connectivity index (χ4n) is 3.32. The Morgan fingerprint density at radius 3 is 2.90 bits per heavy atom. The first kappa shape index (κ1) is 15.0. The van der Waals surface area contributed by atoms with Crippen molar-refractivity contribution in [3.05, 3.63) is 18.2 Å². The predicted molar refractivity (Wildman–Crippen MR) is 82.2 cm³/mol. The zero-order chi connectivity index (χ0) is 14.5. The Labute approximate surface area is 127 Å². The second kappa shape index (κ2) is 7.35. The molecular formula is C15H27N5O. The van der Waals surface area contributed by atoms with Gasteiger partial charge in [-0.15, -0.1) is 0 Å². The highest BCUT2D eigenvalue weighted by molar-refractivity contribution is 4.94. The van der Waals surface area contributed by atoms with Crippen LogP contribution in [0.1, 0.15) is 12.2 Å². The Balaban J connectivity index is 1.47. The largest absolute Gasteiger partial charge is 0.383 e. The van der Waals surface area contributed by atoms with Crippen LogP contribution in [0.25, 0.3) is 0 Å². The molecule has 1 aromatic heterocycles. The average Bonchev–Trinajstić information content (AvgIpc) is 3.18. The molecule has 2 aliphatic heterocycles. The van der Waals surface area contributed by atoms with Gasteiger partial charge < -0.3 is 14.6 Å². The molecule has 0 saturated carbocycles. The minimum Gasteiger partial charge on any atom is -0.383 e. The smallest absolute Gasteiger partial charge is 0.122 e. The van der Waals surface area contributed by atoms with Crippen molar-refractivity contribution in [3.8, 4) is 0 Å². The van der Waals surface area contributed by atoms with Gasteiger partial charge in [-0.1, -0.05) is 0 Å². The standard InChI is InChI=1S/C15H27N5O/c1-21-11-10-20-5-4-17-15(20)13-18-6-8-19(9-7-18)14-2-3-16-12-14/h4-5,14,16H,2-3,6-13H2,1H3/t14-/m0/s1. The first-order valence-corrected chi connectivity index (χ1v) is 8.03. The zero-order valence-corrected chi connectivity index (χ0v) is 13.0. The van der Waals surface area contributed by atoms with Crippen LogP contribution >= 0.6 is 0 Å². The molecule has 6 heteroatoms. The lowest BCUT2D eigenvalue weighted by molar-refractivity contribution is 0.0952. The third-order valence-corrected chi connectivity index (χ3v) is 4.66. The molecule has 0 radical (unpaired) electrons. The topological polar surface area (TPSA) is 45.6 Å². The molecule has 3 heterocycles. The van der Waals surface area contributed by atoms with Crippen LogP contribution in [0, 0.1) is 0 Å². The zero-order valence-electron chi connectivity index (χ0n) is 13.0. The summed E-state index contributed by atoms with van der Waals surface area (Å²) in [4.78, 5) is 9.67. The summed E-state index contributed by atoms with van der Waals surface area (Å²) >= 11 is 0. The number of hydrogen-bond donors (Lipinski definition) is 1. The molecule has 2 saturated heterocycles. The number of ether oxygens (including phenoxy) is 1. The van der Waals surface area contributed by atoms with E-state index < -0.39 is 0 Å². The molecule has 1 N–H and O–H groups in total. The maximum absolute atomic E-state index is 5.16. The number of imidazole rings is 1. The van der Waals surface area contributed by atoms with Crippen LogP contribution < -0.4 is 5.32 Å². The van der Waals surface area contributed by atoms with Gasteiger partial charge in [-0.3, -0.25) is 9.80 Å². The van der Waals surface area contributed by atoms with Gasteiger partial charge >= 0.3 is 0 Å². The maximum Gasteiger partial charge on any atom is 0.122 e. The Morgan fingerprint density at radius 2 is 2.19 bits per heavy atom. The molecule has 1 aromatic rings. The van der Waals surface area contributed by atoms with Crippen molar-refractivity contribution in [2.24, 2.45) is 0 Å². The van der Waals surface area contributed by atoms with Gasteiger partial charge in [0.05, 0.1) is 13.2 Å². The molecule has 6 nitrogen and oxygen atoms in total. The SMILES string of the molecule is COCCn1ccnc1CN1CCN([C@H]2CCNC2)CC1. The van der Waals surface area contributed by atoms with Crippen molar-refractivity contribution in [2.75, 3.05) is 53.0 Å². The lowest BCUT2D eigenvalue weighted by Gasteiger charge is -2.37. The quantitative estimate of drug-likeness (QED) is 0.800. The Morgan fingerprint density at radius 1 is 1.33 bits per heavy atom. The monoisotopic (exact) mass is 293 g/mol. The van der Waals surface area contributed by atoms with E-state index in [0.717, 1.165) is 44.7 Å². The fraction of sp³-hybridized carbons (Fsp3) is 0.800. The highest BCUT2D eigenvalue weighted by Gasteiger charge is 2.26. The van der Waals surface area contributed by atoms with E-state index in [1.807, 2.05) is 6.20 Å². The van der Waals surface area contributed by atoms with Gasteiger partial charge in [0.15, 0.2) is 0 Å². The van der Waals surface area contributed by atoms with Gasteiger partial charge in [0.2, 0.25) is 0 Å². The van der Waals surface area contributed by atoms with Gasteiger partial charge in [-0.25, -0.2) is 4.98 Å². The number of piperazine rings is 1. The molecule has 1 atom stereocenters. The van der Waals surface area contributed by atoms with Crippen LogP contribution in [0.4, 0.5) is 0 Å². The van der Waals surface area contributed by atoms with Crippen molar-refractivity contribution in [2.45, 2.75) is 25.6 Å². The van der Waals surface area contributed by atoms with Crippen LogP contribution in [0.2, 0.25) is 0 Å². The number of nitrogens with one attached hydrogen (secondary N) is 1. The van der Waals surface area contributed by atoms with Gasteiger partial charge in [-0.05, 0) is 13.0 Å². The first-order valence-electron chi connectivity index (χ1n) is 8.03. The second-order valence-electron chi connectivity index (χ2n) is 5.99. The summed E-state index contributed by atoms with van der Waals surface area (Å²) < 4.78 is 7.36. The first-order chi connectivity index (χ1) is 10.4. The Bertz CT molecular complexity index is 421.